The van der Waals surface area contributed by atoms with Gasteiger partial charge in [0, 0.05) is 5.56 Å². The molecule has 1 unspecified atom stereocenters. The van der Waals surface area contributed by atoms with E-state index in [0.717, 1.165) is 22.5 Å². The fourth-order valence-corrected chi connectivity index (χ4v) is 3.57. The average molecular weight is 427 g/mol. The predicted octanol–water partition coefficient (Wildman–Crippen LogP) is 4.93. The van der Waals surface area contributed by atoms with Crippen molar-refractivity contribution in [3.8, 4) is 28.4 Å². The summed E-state index contributed by atoms with van der Waals surface area (Å²) >= 11 is 6.48. The summed E-state index contributed by atoms with van der Waals surface area (Å²) in [5.41, 5.74) is 3.92. The van der Waals surface area contributed by atoms with E-state index in [1.807, 2.05) is 6.07 Å². The third kappa shape index (κ3) is 3.67. The number of carbonyl (C=O) groups is 1. The summed E-state index contributed by atoms with van der Waals surface area (Å²) in [7, 11) is 1.48. The number of nitrogens with one attached hydrogen (secondary N) is 2. The van der Waals surface area contributed by atoms with Gasteiger partial charge in [0.05, 0.1) is 29.1 Å². The molecule has 0 saturated carbocycles. The molecule has 0 aliphatic carbocycles. The number of aryl methyl sites for hydroxylation is 1. The lowest BCUT2D eigenvalue weighted by atomic mass is 10.0. The van der Waals surface area contributed by atoms with Gasteiger partial charge < -0.3 is 30.3 Å². The molecule has 0 fully saturated rings. The number of carboxylic acid groups (broad SMARTS) is 1. The van der Waals surface area contributed by atoms with E-state index in [2.05, 4.69) is 10.6 Å². The van der Waals surface area contributed by atoms with Crippen molar-refractivity contribution in [3.05, 3.63) is 64.7 Å². The van der Waals surface area contributed by atoms with Gasteiger partial charge in [0.15, 0.2) is 11.5 Å². The van der Waals surface area contributed by atoms with Crippen LogP contribution in [0.3, 0.4) is 0 Å². The van der Waals surface area contributed by atoms with Crippen molar-refractivity contribution in [3.63, 3.8) is 0 Å². The van der Waals surface area contributed by atoms with E-state index in [-0.39, 0.29) is 11.3 Å². The van der Waals surface area contributed by atoms with Crippen molar-refractivity contribution >= 4 is 28.9 Å². The zero-order valence-corrected chi connectivity index (χ0v) is 16.9. The molecule has 3 aromatic carbocycles. The monoisotopic (exact) mass is 426 g/mol. The molecule has 4 rings (SSSR count). The Morgan fingerprint density at radius 1 is 1.07 bits per heavy atom. The normalized spacial score (nSPS) is 14.4. The topological polar surface area (TPSA) is 100 Å². The molecule has 8 heteroatoms. The maximum Gasteiger partial charge on any atom is 0.336 e. The Morgan fingerprint density at radius 3 is 2.50 bits per heavy atom. The minimum absolute atomic E-state index is 0.0469. The molecule has 0 radical (unpaired) electrons. The minimum Gasteiger partial charge on any atom is -0.504 e. The van der Waals surface area contributed by atoms with E-state index in [1.54, 1.807) is 43.3 Å². The Bertz CT molecular complexity index is 1150. The molecule has 1 heterocycles. The number of hydrogen-bond acceptors (Lipinski definition) is 6. The molecule has 0 spiro atoms. The van der Waals surface area contributed by atoms with Gasteiger partial charge in [-0.05, 0) is 54.4 Å². The second kappa shape index (κ2) is 7.68. The van der Waals surface area contributed by atoms with Crippen LogP contribution in [0.15, 0.2) is 48.5 Å². The average Bonchev–Trinajstić information content (AvgIpc) is 3.10. The summed E-state index contributed by atoms with van der Waals surface area (Å²) in [6, 6.07) is 13.6. The second-order valence-corrected chi connectivity index (χ2v) is 7.24. The van der Waals surface area contributed by atoms with Gasteiger partial charge in [0.1, 0.15) is 5.75 Å². The summed E-state index contributed by atoms with van der Waals surface area (Å²) in [4.78, 5) is 11.3. The zero-order valence-electron chi connectivity index (χ0n) is 16.2. The smallest absolute Gasteiger partial charge is 0.336 e. The lowest BCUT2D eigenvalue weighted by molar-refractivity contribution is 0.0695. The molecular weight excluding hydrogens is 408 g/mol. The van der Waals surface area contributed by atoms with Crippen LogP contribution in [0.1, 0.15) is 15.9 Å². The lowest BCUT2D eigenvalue weighted by Gasteiger charge is -2.15. The summed E-state index contributed by atoms with van der Waals surface area (Å²) in [6.07, 6.45) is -0.593. The lowest BCUT2D eigenvalue weighted by Crippen LogP contribution is -2.29. The van der Waals surface area contributed by atoms with Crippen LogP contribution < -0.4 is 20.1 Å². The van der Waals surface area contributed by atoms with Crippen molar-refractivity contribution in [1.82, 2.24) is 0 Å². The Hall–Kier alpha value is -3.58. The van der Waals surface area contributed by atoms with Crippen LogP contribution in [-0.4, -0.2) is 29.6 Å². The Kier molecular flexibility index (Phi) is 5.05. The quantitative estimate of drug-likeness (QED) is 0.459. The van der Waals surface area contributed by atoms with Crippen LogP contribution in [0.2, 0.25) is 5.02 Å². The fourth-order valence-electron chi connectivity index (χ4n) is 3.30. The van der Waals surface area contributed by atoms with Crippen molar-refractivity contribution in [1.29, 1.82) is 0 Å². The van der Waals surface area contributed by atoms with Gasteiger partial charge in [-0.1, -0.05) is 23.7 Å². The minimum atomic E-state index is -1.01. The highest BCUT2D eigenvalue weighted by molar-refractivity contribution is 6.34. The van der Waals surface area contributed by atoms with E-state index in [4.69, 9.17) is 21.1 Å². The number of rotatable bonds is 5. The third-order valence-corrected chi connectivity index (χ3v) is 5.18. The van der Waals surface area contributed by atoms with Crippen LogP contribution in [0, 0.1) is 6.92 Å². The molecule has 1 aliphatic rings. The van der Waals surface area contributed by atoms with Crippen molar-refractivity contribution in [2.75, 3.05) is 17.7 Å². The van der Waals surface area contributed by atoms with Crippen LogP contribution in [-0.2, 0) is 0 Å². The number of anilines is 2. The summed E-state index contributed by atoms with van der Waals surface area (Å²) in [6.45, 7) is 1.73. The summed E-state index contributed by atoms with van der Waals surface area (Å²) in [5.74, 6) is -0.185. The van der Waals surface area contributed by atoms with E-state index in [0.29, 0.717) is 22.1 Å². The molecule has 30 heavy (non-hydrogen) atoms. The SMILES string of the molecule is COc1cc(-c2cc3c(cc2Cl)NC(Oc2ccc(C)c(C(=O)O)c2)N3)ccc1O. The first kappa shape index (κ1) is 19.7. The number of fused-ring (bicyclic) bond motifs is 1. The highest BCUT2D eigenvalue weighted by Gasteiger charge is 2.23. The first-order valence-corrected chi connectivity index (χ1v) is 9.48. The second-order valence-electron chi connectivity index (χ2n) is 6.83. The number of phenolic OH excluding ortho intramolecular Hbond substituents is 1. The molecule has 1 aliphatic heterocycles. The van der Waals surface area contributed by atoms with Gasteiger partial charge in [0.2, 0.25) is 6.35 Å². The number of hydrogen-bond donors (Lipinski definition) is 4. The van der Waals surface area contributed by atoms with Gasteiger partial charge in [-0.2, -0.15) is 0 Å². The third-order valence-electron chi connectivity index (χ3n) is 4.86. The van der Waals surface area contributed by atoms with E-state index in [1.165, 1.54) is 13.2 Å². The highest BCUT2D eigenvalue weighted by Crippen LogP contribution is 2.41. The van der Waals surface area contributed by atoms with Gasteiger partial charge in [-0.25, -0.2) is 4.79 Å². The molecule has 154 valence electrons. The number of methoxy groups -OCH3 is 1. The van der Waals surface area contributed by atoms with Crippen LogP contribution in [0.5, 0.6) is 17.2 Å². The molecule has 0 bridgehead atoms. The van der Waals surface area contributed by atoms with Crippen molar-refractivity contribution in [2.24, 2.45) is 0 Å². The number of aromatic hydroxyl groups is 1. The van der Waals surface area contributed by atoms with Crippen molar-refractivity contribution < 1.29 is 24.5 Å². The van der Waals surface area contributed by atoms with E-state index in [9.17, 15) is 15.0 Å². The van der Waals surface area contributed by atoms with E-state index >= 15 is 0 Å². The summed E-state index contributed by atoms with van der Waals surface area (Å²) in [5, 5.41) is 26.0. The molecule has 0 amide bonds. The number of benzene rings is 3. The number of ether oxygens (including phenoxy) is 2. The summed E-state index contributed by atoms with van der Waals surface area (Å²) < 4.78 is 11.0. The van der Waals surface area contributed by atoms with Gasteiger partial charge in [-0.3, -0.25) is 0 Å². The number of aromatic carboxylic acids is 1. The Balaban J connectivity index is 1.58. The fraction of sp³-hybridized carbons (Fsp3) is 0.136. The maximum absolute atomic E-state index is 11.3. The molecular formula is C22H19ClN2O5. The predicted molar refractivity (Wildman–Crippen MR) is 115 cm³/mol. The van der Waals surface area contributed by atoms with Gasteiger partial charge in [-0.15, -0.1) is 0 Å². The van der Waals surface area contributed by atoms with Crippen LogP contribution in [0.4, 0.5) is 11.4 Å². The molecule has 1 atom stereocenters. The molecule has 7 nitrogen and oxygen atoms in total. The maximum atomic E-state index is 11.3. The Labute approximate surface area is 177 Å². The number of halogens is 1. The number of carboxylic acids is 1. The largest absolute Gasteiger partial charge is 0.504 e. The standard InChI is InChI=1S/C22H19ClN2O5/c1-11-3-5-13(8-14(11)21(27)28)30-22-24-17-9-15(16(23)10-18(17)25-22)12-4-6-19(26)20(7-12)29-2/h3-10,22,24-26H,1-2H3,(H,27,28). The molecule has 0 saturated heterocycles. The zero-order chi connectivity index (χ0) is 21.4. The first-order valence-electron chi connectivity index (χ1n) is 9.10. The first-order chi connectivity index (χ1) is 14.4. The Morgan fingerprint density at radius 2 is 1.80 bits per heavy atom. The molecule has 0 aromatic heterocycles. The molecule has 4 N–H and O–H groups in total. The molecule has 3 aromatic rings. The van der Waals surface area contributed by atoms with Gasteiger partial charge in [0.25, 0.3) is 0 Å². The van der Waals surface area contributed by atoms with E-state index < -0.39 is 12.3 Å². The van der Waals surface area contributed by atoms with Crippen LogP contribution >= 0.6 is 11.6 Å². The van der Waals surface area contributed by atoms with Crippen LogP contribution in [0.25, 0.3) is 11.1 Å². The van der Waals surface area contributed by atoms with Crippen molar-refractivity contribution in [2.45, 2.75) is 13.3 Å². The van der Waals surface area contributed by atoms with Gasteiger partial charge >= 0.3 is 5.97 Å². The number of phenols is 1. The highest BCUT2D eigenvalue weighted by atomic mass is 35.5.